The number of thiazole rings is 1. The highest BCUT2D eigenvalue weighted by Crippen LogP contribution is 2.40. The van der Waals surface area contributed by atoms with E-state index < -0.39 is 6.04 Å². The van der Waals surface area contributed by atoms with Crippen molar-refractivity contribution in [2.24, 2.45) is 5.92 Å². The van der Waals surface area contributed by atoms with Crippen molar-refractivity contribution < 1.29 is 9.59 Å². The summed E-state index contributed by atoms with van der Waals surface area (Å²) < 4.78 is 1.14. The van der Waals surface area contributed by atoms with E-state index in [9.17, 15) is 9.59 Å². The molecule has 3 atom stereocenters. The first-order valence-corrected chi connectivity index (χ1v) is 14.1. The molecule has 2 aromatic carbocycles. The van der Waals surface area contributed by atoms with E-state index in [2.05, 4.69) is 41.0 Å². The lowest BCUT2D eigenvalue weighted by Crippen LogP contribution is -2.55. The Balaban J connectivity index is 1.44. The van der Waals surface area contributed by atoms with Crippen molar-refractivity contribution in [2.75, 3.05) is 13.6 Å². The van der Waals surface area contributed by atoms with Gasteiger partial charge in [0.15, 0.2) is 0 Å². The first-order chi connectivity index (χ1) is 17.6. The number of hydrogen-bond acceptors (Lipinski definition) is 5. The minimum Gasteiger partial charge on any atom is -0.343 e. The molecule has 0 spiro atoms. The summed E-state index contributed by atoms with van der Waals surface area (Å²) in [5.41, 5.74) is 3.28. The van der Waals surface area contributed by atoms with E-state index in [1.54, 1.807) is 18.4 Å². The van der Waals surface area contributed by atoms with Crippen LogP contribution in [0.1, 0.15) is 62.9 Å². The molecule has 5 rings (SSSR count). The lowest BCUT2D eigenvalue weighted by Gasteiger charge is -2.35. The number of aromatic nitrogens is 1. The lowest BCUT2D eigenvalue weighted by atomic mass is 9.83. The highest BCUT2D eigenvalue weighted by Gasteiger charge is 2.40. The highest BCUT2D eigenvalue weighted by molar-refractivity contribution is 7.18. The number of likely N-dealkylation sites (N-methyl/N-ethyl adjacent to an activating group) is 1. The zero-order valence-electron chi connectivity index (χ0n) is 21.2. The molecule has 1 aromatic heterocycles. The van der Waals surface area contributed by atoms with E-state index in [4.69, 9.17) is 4.98 Å². The number of carbonyl (C=O) groups is 2. The summed E-state index contributed by atoms with van der Waals surface area (Å²) in [6, 6.07) is 15.8. The number of fused-ring (bicyclic) bond motifs is 1. The number of benzene rings is 2. The van der Waals surface area contributed by atoms with Crippen LogP contribution in [0.25, 0.3) is 21.3 Å². The van der Waals surface area contributed by atoms with Gasteiger partial charge in [0.05, 0.1) is 22.3 Å². The molecular formula is C29H36N4O2S. The predicted octanol–water partition coefficient (Wildman–Crippen LogP) is 5.30. The lowest BCUT2D eigenvalue weighted by molar-refractivity contribution is -0.139. The largest absolute Gasteiger partial charge is 0.343 e. The van der Waals surface area contributed by atoms with Crippen molar-refractivity contribution in [3.63, 3.8) is 0 Å². The predicted molar refractivity (Wildman–Crippen MR) is 146 cm³/mol. The van der Waals surface area contributed by atoms with E-state index in [-0.39, 0.29) is 29.8 Å². The molecule has 7 heteroatoms. The van der Waals surface area contributed by atoms with Crippen LogP contribution in [0.2, 0.25) is 0 Å². The summed E-state index contributed by atoms with van der Waals surface area (Å²) in [6.07, 6.45) is 7.29. The fourth-order valence-electron chi connectivity index (χ4n) is 5.68. The van der Waals surface area contributed by atoms with Gasteiger partial charge in [0.25, 0.3) is 0 Å². The molecule has 1 aliphatic carbocycles. The summed E-state index contributed by atoms with van der Waals surface area (Å²) >= 11 is 1.69. The maximum atomic E-state index is 14.0. The van der Waals surface area contributed by atoms with Crippen LogP contribution in [0.3, 0.4) is 0 Å². The molecule has 1 saturated heterocycles. The first-order valence-electron chi connectivity index (χ1n) is 13.3. The Labute approximate surface area is 217 Å². The molecule has 1 unspecified atom stereocenters. The van der Waals surface area contributed by atoms with Gasteiger partial charge < -0.3 is 15.5 Å². The van der Waals surface area contributed by atoms with Gasteiger partial charge in [-0.15, -0.1) is 11.3 Å². The van der Waals surface area contributed by atoms with Crippen molar-refractivity contribution in [3.05, 3.63) is 53.5 Å². The second kappa shape index (κ2) is 11.1. The number of nitrogens with zero attached hydrogens (tertiary/aromatic N) is 2. The van der Waals surface area contributed by atoms with Gasteiger partial charge in [-0.25, -0.2) is 4.98 Å². The summed E-state index contributed by atoms with van der Waals surface area (Å²) in [4.78, 5) is 34.0. The maximum absolute atomic E-state index is 14.0. The number of hydrogen-bond donors (Lipinski definition) is 2. The topological polar surface area (TPSA) is 74.3 Å². The molecule has 0 bridgehead atoms. The van der Waals surface area contributed by atoms with Gasteiger partial charge in [-0.3, -0.25) is 9.59 Å². The summed E-state index contributed by atoms with van der Waals surface area (Å²) in [7, 11) is 1.77. The highest BCUT2D eigenvalue weighted by atomic mass is 32.1. The van der Waals surface area contributed by atoms with Crippen LogP contribution in [0.4, 0.5) is 0 Å². The number of rotatable bonds is 7. The zero-order valence-corrected chi connectivity index (χ0v) is 22.0. The van der Waals surface area contributed by atoms with Crippen molar-refractivity contribution in [1.29, 1.82) is 0 Å². The zero-order chi connectivity index (χ0) is 25.1. The molecule has 36 heavy (non-hydrogen) atoms. The number of likely N-dealkylation sites (tertiary alicyclic amines) is 1. The molecule has 6 nitrogen and oxygen atoms in total. The maximum Gasteiger partial charge on any atom is 0.246 e. The molecule has 3 aromatic rings. The monoisotopic (exact) mass is 504 g/mol. The van der Waals surface area contributed by atoms with Gasteiger partial charge in [-0.05, 0) is 57.2 Å². The third-order valence-electron chi connectivity index (χ3n) is 7.85. The fraction of sp³-hybridized carbons (Fsp3) is 0.483. The Morgan fingerprint density at radius 3 is 2.53 bits per heavy atom. The molecule has 2 fully saturated rings. The molecule has 2 heterocycles. The quantitative estimate of drug-likeness (QED) is 0.458. The second-order valence-electron chi connectivity index (χ2n) is 10.2. The van der Waals surface area contributed by atoms with E-state index in [1.165, 1.54) is 6.42 Å². The Bertz CT molecular complexity index is 1200. The molecule has 2 N–H and O–H groups in total. The van der Waals surface area contributed by atoms with Gasteiger partial charge >= 0.3 is 0 Å². The van der Waals surface area contributed by atoms with Crippen LogP contribution >= 0.6 is 11.3 Å². The van der Waals surface area contributed by atoms with E-state index in [0.29, 0.717) is 6.54 Å². The Kier molecular flexibility index (Phi) is 7.67. The third kappa shape index (κ3) is 5.04. The van der Waals surface area contributed by atoms with Gasteiger partial charge in [0, 0.05) is 12.1 Å². The van der Waals surface area contributed by atoms with Gasteiger partial charge in [0.2, 0.25) is 11.8 Å². The smallest absolute Gasteiger partial charge is 0.246 e. The number of nitrogens with one attached hydrogen (secondary N) is 2. The summed E-state index contributed by atoms with van der Waals surface area (Å²) in [5.74, 6) is 0.147. The van der Waals surface area contributed by atoms with Gasteiger partial charge in [-0.1, -0.05) is 61.7 Å². The molecule has 1 saturated carbocycles. The van der Waals surface area contributed by atoms with Crippen molar-refractivity contribution in [1.82, 2.24) is 20.5 Å². The first kappa shape index (κ1) is 24.9. The van der Waals surface area contributed by atoms with Crippen LogP contribution < -0.4 is 10.6 Å². The van der Waals surface area contributed by atoms with Gasteiger partial charge in [0.1, 0.15) is 11.0 Å². The summed E-state index contributed by atoms with van der Waals surface area (Å²) in [6.45, 7) is 2.55. The Morgan fingerprint density at radius 1 is 1.00 bits per heavy atom. The SMILES string of the molecule is CN[C@@H](C)C(=O)NC(C(=O)N1CCC[C@H]1c1nc2c(-c3ccccc3)cccc2s1)C1CCCCC1. The van der Waals surface area contributed by atoms with Gasteiger partial charge in [-0.2, -0.15) is 0 Å². The average Bonchev–Trinajstić information content (AvgIpc) is 3.59. The average molecular weight is 505 g/mol. The summed E-state index contributed by atoms with van der Waals surface area (Å²) in [5, 5.41) is 7.13. The molecule has 1 aliphatic heterocycles. The molecular weight excluding hydrogens is 468 g/mol. The molecule has 2 amide bonds. The van der Waals surface area contributed by atoms with E-state index >= 15 is 0 Å². The van der Waals surface area contributed by atoms with E-state index in [1.807, 2.05) is 30.0 Å². The normalized spacial score (nSPS) is 20.4. The third-order valence-corrected chi connectivity index (χ3v) is 8.97. The minimum absolute atomic E-state index is 0.0387. The fourth-order valence-corrected chi connectivity index (χ4v) is 6.83. The van der Waals surface area contributed by atoms with Crippen LogP contribution in [0.15, 0.2) is 48.5 Å². The van der Waals surface area contributed by atoms with Crippen LogP contribution in [-0.2, 0) is 9.59 Å². The Hall–Kier alpha value is -2.77. The van der Waals surface area contributed by atoms with Crippen molar-refractivity contribution >= 4 is 33.4 Å². The van der Waals surface area contributed by atoms with Crippen molar-refractivity contribution in [3.8, 4) is 11.1 Å². The molecule has 190 valence electrons. The van der Waals surface area contributed by atoms with Crippen LogP contribution in [-0.4, -0.2) is 47.4 Å². The number of carbonyl (C=O) groups excluding carboxylic acids is 2. The number of amides is 2. The number of para-hydroxylation sites is 1. The standard InChI is InChI=1S/C29H36N4O2S/c1-19(30-2)27(34)31-25(21-13-7-4-8-14-21)29(35)33-18-10-16-23(33)28-32-26-22(15-9-17-24(26)36-28)20-11-5-3-6-12-20/h3,5-6,9,11-12,15,17,19,21,23,25,30H,4,7-8,10,13-14,16,18H2,1-2H3,(H,31,34)/t19-,23-,25?/m0/s1. The molecule has 2 aliphatic rings. The van der Waals surface area contributed by atoms with Crippen LogP contribution in [0.5, 0.6) is 0 Å². The minimum atomic E-state index is -0.469. The van der Waals surface area contributed by atoms with E-state index in [0.717, 1.165) is 64.9 Å². The van der Waals surface area contributed by atoms with Crippen molar-refractivity contribution in [2.45, 2.75) is 70.0 Å². The Morgan fingerprint density at radius 2 is 1.78 bits per heavy atom. The molecule has 0 radical (unpaired) electrons. The second-order valence-corrected chi connectivity index (χ2v) is 11.2. The van der Waals surface area contributed by atoms with Crippen LogP contribution in [0, 0.1) is 5.92 Å².